The van der Waals surface area contributed by atoms with Crippen LogP contribution >= 0.6 is 0 Å². The zero-order valence-corrected chi connectivity index (χ0v) is 36.1. The molecule has 0 heterocycles. The number of carbonyl (C=O) groups is 3. The molecule has 3 fully saturated rings. The second-order valence-electron chi connectivity index (χ2n) is 17.8. The van der Waals surface area contributed by atoms with Gasteiger partial charge in [0.1, 0.15) is 6.10 Å². The van der Waals surface area contributed by atoms with Crippen LogP contribution in [-0.4, -0.2) is 62.8 Å². The number of ether oxygens (including phenoxy) is 3. The van der Waals surface area contributed by atoms with Gasteiger partial charge in [-0.05, 0) is 122 Å². The summed E-state index contributed by atoms with van der Waals surface area (Å²) in [6.45, 7) is 6.64. The molecule has 3 aliphatic carbocycles. The molecule has 316 valence electrons. The van der Waals surface area contributed by atoms with E-state index in [1.165, 1.54) is 103 Å². The molecule has 0 amide bonds. The highest BCUT2D eigenvalue weighted by Crippen LogP contribution is 2.50. The Labute approximate surface area is 333 Å². The van der Waals surface area contributed by atoms with Gasteiger partial charge in [-0.1, -0.05) is 117 Å². The Morgan fingerprint density at radius 2 is 1.02 bits per heavy atom. The summed E-state index contributed by atoms with van der Waals surface area (Å²) in [5.74, 6) is 1.51. The van der Waals surface area contributed by atoms with Gasteiger partial charge in [0.15, 0.2) is 0 Å². The Hall–Kier alpha value is -1.63. The fraction of sp³-hybridized carbons (Fsp3) is 0.936. The number of hydrogen-bond acceptors (Lipinski definition) is 7. The average Bonchev–Trinajstić information content (AvgIpc) is 3.16. The number of hydrogen-bond donors (Lipinski definition) is 0. The number of rotatable bonds is 36. The topological polar surface area (TPSA) is 82.1 Å². The van der Waals surface area contributed by atoms with E-state index in [9.17, 15) is 14.4 Å². The van der Waals surface area contributed by atoms with E-state index >= 15 is 0 Å². The zero-order valence-electron chi connectivity index (χ0n) is 36.1. The molecular weight excluding hydrogens is 675 g/mol. The first-order valence-corrected chi connectivity index (χ1v) is 23.4. The molecule has 0 aromatic rings. The number of nitrogens with zero attached hydrogens (tertiary/aromatic N) is 1. The maximum atomic E-state index is 12.6. The van der Waals surface area contributed by atoms with Crippen molar-refractivity contribution in [3.05, 3.63) is 0 Å². The van der Waals surface area contributed by atoms with Crippen molar-refractivity contribution >= 4 is 17.9 Å². The molecule has 7 heteroatoms. The highest BCUT2D eigenvalue weighted by Gasteiger charge is 2.41. The molecule has 2 bridgehead atoms. The second kappa shape index (κ2) is 31.5. The molecule has 0 saturated heterocycles. The van der Waals surface area contributed by atoms with E-state index in [4.69, 9.17) is 14.2 Å². The molecular formula is C47H87NO6. The monoisotopic (exact) mass is 762 g/mol. The third-order valence-corrected chi connectivity index (χ3v) is 12.6. The third kappa shape index (κ3) is 24.8. The van der Waals surface area contributed by atoms with Crippen molar-refractivity contribution < 1.29 is 28.6 Å². The summed E-state index contributed by atoms with van der Waals surface area (Å²) < 4.78 is 17.4. The van der Waals surface area contributed by atoms with E-state index < -0.39 is 0 Å². The van der Waals surface area contributed by atoms with Crippen LogP contribution in [0.5, 0.6) is 0 Å². The fourth-order valence-corrected chi connectivity index (χ4v) is 8.82. The van der Waals surface area contributed by atoms with Crippen molar-refractivity contribution in [2.24, 2.45) is 17.3 Å². The molecule has 3 rings (SSSR count). The van der Waals surface area contributed by atoms with Gasteiger partial charge in [-0.25, -0.2) is 0 Å². The standard InChI is InChI=1S/C47H87NO6/c1-5-7-9-17-24-41(25-18-10-8-6-2)34-39-52-44(49)28-21-15-11-13-19-26-43(54-46(51)30-23-38-48(3)4)27-20-14-12-16-22-29-45(50)53-40-47-35-31-42(32-36-47)33-37-47/h41-43H,5-40H2,1-4H3. The normalized spacial score (nSPS) is 18.7. The first kappa shape index (κ1) is 48.5. The maximum Gasteiger partial charge on any atom is 0.306 e. The van der Waals surface area contributed by atoms with Gasteiger partial charge >= 0.3 is 17.9 Å². The van der Waals surface area contributed by atoms with Gasteiger partial charge < -0.3 is 19.1 Å². The summed E-state index contributed by atoms with van der Waals surface area (Å²) >= 11 is 0. The lowest BCUT2D eigenvalue weighted by atomic mass is 9.61. The van der Waals surface area contributed by atoms with Gasteiger partial charge in [0.25, 0.3) is 0 Å². The van der Waals surface area contributed by atoms with Crippen molar-refractivity contribution in [1.29, 1.82) is 0 Å². The average molecular weight is 762 g/mol. The summed E-state index contributed by atoms with van der Waals surface area (Å²) in [4.78, 5) is 39.6. The van der Waals surface area contributed by atoms with E-state index in [0.29, 0.717) is 38.4 Å². The number of fused-ring (bicyclic) bond motifs is 3. The molecule has 0 radical (unpaired) electrons. The van der Waals surface area contributed by atoms with Gasteiger partial charge in [-0.15, -0.1) is 0 Å². The lowest BCUT2D eigenvalue weighted by Gasteiger charge is -2.46. The molecule has 1 atom stereocenters. The van der Waals surface area contributed by atoms with Crippen molar-refractivity contribution in [3.63, 3.8) is 0 Å². The maximum absolute atomic E-state index is 12.6. The molecule has 54 heavy (non-hydrogen) atoms. The Kier molecular flexibility index (Phi) is 28.3. The molecule has 1 unspecified atom stereocenters. The van der Waals surface area contributed by atoms with Crippen molar-refractivity contribution in [2.75, 3.05) is 33.9 Å². The largest absolute Gasteiger partial charge is 0.466 e. The number of unbranched alkanes of at least 4 members (excludes halogenated alkanes) is 14. The van der Waals surface area contributed by atoms with Gasteiger partial charge in [0.05, 0.1) is 13.2 Å². The van der Waals surface area contributed by atoms with Gasteiger partial charge in [-0.2, -0.15) is 0 Å². The highest BCUT2D eigenvalue weighted by molar-refractivity contribution is 5.70. The first-order valence-electron chi connectivity index (χ1n) is 23.4. The quantitative estimate of drug-likeness (QED) is 0.0357. The minimum Gasteiger partial charge on any atom is -0.466 e. The molecule has 0 N–H and O–H groups in total. The zero-order chi connectivity index (χ0) is 39.1. The molecule has 0 aromatic heterocycles. The van der Waals surface area contributed by atoms with E-state index in [-0.39, 0.29) is 29.4 Å². The summed E-state index contributed by atoms with van der Waals surface area (Å²) in [6, 6.07) is 0. The van der Waals surface area contributed by atoms with Crippen LogP contribution in [0.15, 0.2) is 0 Å². The molecule has 0 spiro atoms. The van der Waals surface area contributed by atoms with E-state index in [0.717, 1.165) is 102 Å². The Morgan fingerprint density at radius 1 is 0.556 bits per heavy atom. The van der Waals surface area contributed by atoms with Crippen LogP contribution in [0.4, 0.5) is 0 Å². The van der Waals surface area contributed by atoms with Crippen LogP contribution in [-0.2, 0) is 28.6 Å². The summed E-state index contributed by atoms with van der Waals surface area (Å²) in [5.41, 5.74) is 0.288. The Bertz CT molecular complexity index is 919. The molecule has 3 aliphatic rings. The van der Waals surface area contributed by atoms with Crippen LogP contribution in [0.3, 0.4) is 0 Å². The molecule has 0 aliphatic heterocycles. The predicted octanol–water partition coefficient (Wildman–Crippen LogP) is 12.7. The predicted molar refractivity (Wildman–Crippen MR) is 223 cm³/mol. The van der Waals surface area contributed by atoms with Gasteiger partial charge in [0, 0.05) is 24.7 Å². The van der Waals surface area contributed by atoms with E-state index in [1.54, 1.807) is 0 Å². The fourth-order valence-electron chi connectivity index (χ4n) is 8.82. The number of esters is 3. The Balaban J connectivity index is 1.56. The highest BCUT2D eigenvalue weighted by atomic mass is 16.5. The second-order valence-corrected chi connectivity index (χ2v) is 17.8. The van der Waals surface area contributed by atoms with Crippen LogP contribution in [0.2, 0.25) is 0 Å². The van der Waals surface area contributed by atoms with Crippen LogP contribution in [0.1, 0.15) is 226 Å². The minimum absolute atomic E-state index is 0.0152. The summed E-state index contributed by atoms with van der Waals surface area (Å²) in [7, 11) is 4.06. The first-order chi connectivity index (χ1) is 26.2. The van der Waals surface area contributed by atoms with Crippen molar-refractivity contribution in [1.82, 2.24) is 4.90 Å². The minimum atomic E-state index is -0.0704. The molecule has 0 aromatic carbocycles. The van der Waals surface area contributed by atoms with Gasteiger partial charge in [0.2, 0.25) is 0 Å². The lowest BCUT2D eigenvalue weighted by molar-refractivity contribution is -0.151. The van der Waals surface area contributed by atoms with Crippen LogP contribution in [0, 0.1) is 17.3 Å². The molecule has 3 saturated carbocycles. The smallest absolute Gasteiger partial charge is 0.306 e. The van der Waals surface area contributed by atoms with Crippen LogP contribution in [0.25, 0.3) is 0 Å². The Morgan fingerprint density at radius 3 is 1.56 bits per heavy atom. The SMILES string of the molecule is CCCCCCC(CCCCCC)CCOC(=O)CCCCCCCC(CCCCCCCC(=O)OCC12CCC(CC1)CC2)OC(=O)CCCN(C)C. The number of carbonyl (C=O) groups excluding carboxylic acids is 3. The van der Waals surface area contributed by atoms with Gasteiger partial charge in [-0.3, -0.25) is 14.4 Å². The third-order valence-electron chi connectivity index (χ3n) is 12.6. The summed E-state index contributed by atoms with van der Waals surface area (Å²) in [5, 5.41) is 0. The lowest BCUT2D eigenvalue weighted by Crippen LogP contribution is -2.38. The van der Waals surface area contributed by atoms with E-state index in [2.05, 4.69) is 18.7 Å². The van der Waals surface area contributed by atoms with Crippen molar-refractivity contribution in [3.8, 4) is 0 Å². The van der Waals surface area contributed by atoms with Crippen molar-refractivity contribution in [2.45, 2.75) is 232 Å². The van der Waals surface area contributed by atoms with E-state index in [1.807, 2.05) is 14.1 Å². The summed E-state index contributed by atoms with van der Waals surface area (Å²) in [6.07, 6.45) is 36.3. The van der Waals surface area contributed by atoms with Crippen LogP contribution < -0.4 is 0 Å². The molecule has 7 nitrogen and oxygen atoms in total.